The van der Waals surface area contributed by atoms with E-state index in [1.807, 2.05) is 18.2 Å². The fraction of sp³-hybridized carbons (Fsp3) is 0.261. The Bertz CT molecular complexity index is 1310. The van der Waals surface area contributed by atoms with E-state index in [1.165, 1.54) is 22.8 Å². The van der Waals surface area contributed by atoms with Crippen molar-refractivity contribution in [3.63, 3.8) is 0 Å². The number of aromatic nitrogens is 3. The van der Waals surface area contributed by atoms with Crippen LogP contribution in [0.4, 0.5) is 13.2 Å². The van der Waals surface area contributed by atoms with Gasteiger partial charge in [-0.15, -0.1) is 0 Å². The maximum absolute atomic E-state index is 13.8. The fourth-order valence-corrected chi connectivity index (χ4v) is 4.62. The molecule has 3 aromatic heterocycles. The van der Waals surface area contributed by atoms with Gasteiger partial charge in [0.25, 0.3) is 5.91 Å². The van der Waals surface area contributed by atoms with E-state index in [1.54, 1.807) is 11.0 Å². The molecule has 1 fully saturated rings. The van der Waals surface area contributed by atoms with Gasteiger partial charge in [-0.25, -0.2) is 9.50 Å². The average molecular weight is 535 g/mol. The number of piperazine rings is 1. The molecule has 1 N–H and O–H groups in total. The Balaban J connectivity index is 1.41. The van der Waals surface area contributed by atoms with E-state index in [0.717, 1.165) is 25.7 Å². The van der Waals surface area contributed by atoms with E-state index in [9.17, 15) is 18.0 Å². The number of carbonyl (C=O) groups excluding carboxylic acids is 1. The second-order valence-corrected chi connectivity index (χ2v) is 8.90. The number of hydrogen-bond donors (Lipinski definition) is 1. The van der Waals surface area contributed by atoms with Crippen molar-refractivity contribution in [2.75, 3.05) is 26.2 Å². The maximum Gasteiger partial charge on any atom is 0.433 e. The maximum atomic E-state index is 13.8. The van der Waals surface area contributed by atoms with E-state index in [2.05, 4.69) is 38.1 Å². The van der Waals surface area contributed by atoms with Crippen molar-refractivity contribution in [3.05, 3.63) is 76.2 Å². The van der Waals surface area contributed by atoms with Crippen LogP contribution in [0.1, 0.15) is 21.7 Å². The summed E-state index contributed by atoms with van der Waals surface area (Å²) in [6.07, 6.45) is -3.35. The van der Waals surface area contributed by atoms with E-state index in [4.69, 9.17) is 4.42 Å². The van der Waals surface area contributed by atoms with Gasteiger partial charge in [0, 0.05) is 5.56 Å². The van der Waals surface area contributed by atoms with Gasteiger partial charge in [-0.3, -0.25) is 4.79 Å². The largest absolute Gasteiger partial charge is 0.463 e. The zero-order valence-electron chi connectivity index (χ0n) is 17.8. The van der Waals surface area contributed by atoms with Gasteiger partial charge < -0.3 is 14.2 Å². The summed E-state index contributed by atoms with van der Waals surface area (Å²) in [6.45, 7) is 3.30. The van der Waals surface area contributed by atoms with Crippen LogP contribution in [-0.4, -0.2) is 51.6 Å². The molecule has 0 aliphatic carbocycles. The van der Waals surface area contributed by atoms with Gasteiger partial charge in [0.15, 0.2) is 22.8 Å². The highest BCUT2D eigenvalue weighted by Crippen LogP contribution is 2.35. The number of alkyl halides is 3. The summed E-state index contributed by atoms with van der Waals surface area (Å²) >= 11 is 3.28. The van der Waals surface area contributed by atoms with E-state index >= 15 is 0 Å². The van der Waals surface area contributed by atoms with Gasteiger partial charge in [-0.1, -0.05) is 30.3 Å². The smallest absolute Gasteiger partial charge is 0.433 e. The lowest BCUT2D eigenvalue weighted by atomic mass is 10.2. The summed E-state index contributed by atoms with van der Waals surface area (Å²) in [5.74, 6) is -0.240. The van der Waals surface area contributed by atoms with Crippen molar-refractivity contribution < 1.29 is 27.3 Å². The molecular formula is C23H20BrF3N5O2+. The predicted octanol–water partition coefficient (Wildman–Crippen LogP) is 3.31. The Morgan fingerprint density at radius 3 is 2.50 bits per heavy atom. The third-order valence-electron chi connectivity index (χ3n) is 5.85. The van der Waals surface area contributed by atoms with Gasteiger partial charge in [-0.05, 0) is 34.1 Å². The highest BCUT2D eigenvalue weighted by atomic mass is 79.9. The quantitative estimate of drug-likeness (QED) is 0.436. The Morgan fingerprint density at radius 2 is 1.85 bits per heavy atom. The minimum Gasteiger partial charge on any atom is -0.463 e. The molecule has 7 nitrogen and oxygen atoms in total. The SMILES string of the molecule is O=C(c1nn2c(C(F)(F)F)cc(-c3ccco3)nc2c1Br)N1CC[NH+](Cc2ccccc2)CC1. The second kappa shape index (κ2) is 8.88. The monoisotopic (exact) mass is 534 g/mol. The molecule has 1 aliphatic rings. The van der Waals surface area contributed by atoms with Crippen molar-refractivity contribution in [3.8, 4) is 11.5 Å². The molecule has 0 radical (unpaired) electrons. The number of fused-ring (bicyclic) bond motifs is 1. The van der Waals surface area contributed by atoms with Crippen LogP contribution in [0.3, 0.4) is 0 Å². The standard InChI is InChI=1S/C23H19BrF3N5O2/c24-19-20(22(33)31-10-8-30(9-11-31)14-15-5-2-1-3-6-15)29-32-18(23(25,26)27)13-16(28-21(19)32)17-7-4-12-34-17/h1-7,12-13H,8-11,14H2/p+1. The molecule has 5 rings (SSSR count). The first-order chi connectivity index (χ1) is 16.3. The predicted molar refractivity (Wildman–Crippen MR) is 120 cm³/mol. The summed E-state index contributed by atoms with van der Waals surface area (Å²) in [5.41, 5.74) is -0.0131. The van der Waals surface area contributed by atoms with Crippen LogP contribution in [0.15, 0.2) is 63.7 Å². The van der Waals surface area contributed by atoms with Crippen LogP contribution in [-0.2, 0) is 12.7 Å². The van der Waals surface area contributed by atoms with Gasteiger partial charge in [0.05, 0.1) is 36.9 Å². The molecule has 4 aromatic rings. The number of benzene rings is 1. The molecule has 1 aliphatic heterocycles. The Kier molecular flexibility index (Phi) is 5.90. The number of nitrogens with zero attached hydrogens (tertiary/aromatic N) is 4. The lowest BCUT2D eigenvalue weighted by Gasteiger charge is -2.32. The van der Waals surface area contributed by atoms with E-state index in [0.29, 0.717) is 17.6 Å². The number of amides is 1. The van der Waals surface area contributed by atoms with Crippen molar-refractivity contribution in [2.45, 2.75) is 12.7 Å². The number of hydrogen-bond acceptors (Lipinski definition) is 4. The average Bonchev–Trinajstić information content (AvgIpc) is 3.47. The number of halogens is 4. The Morgan fingerprint density at radius 1 is 1.12 bits per heavy atom. The molecule has 0 bridgehead atoms. The Labute approximate surface area is 200 Å². The number of rotatable bonds is 4. The van der Waals surface area contributed by atoms with Crippen molar-refractivity contribution in [1.82, 2.24) is 19.5 Å². The molecular weight excluding hydrogens is 515 g/mol. The minimum atomic E-state index is -4.71. The second-order valence-electron chi connectivity index (χ2n) is 8.10. The fourth-order valence-electron chi connectivity index (χ4n) is 4.12. The topological polar surface area (TPSA) is 68.1 Å². The van der Waals surface area contributed by atoms with Crippen LogP contribution in [0, 0.1) is 0 Å². The van der Waals surface area contributed by atoms with Crippen LogP contribution >= 0.6 is 15.9 Å². The molecule has 1 aromatic carbocycles. The number of furan rings is 1. The number of nitrogens with one attached hydrogen (secondary N) is 1. The van der Waals surface area contributed by atoms with Gasteiger partial charge in [0.1, 0.15) is 12.2 Å². The summed E-state index contributed by atoms with van der Waals surface area (Å²) in [6, 6.07) is 14.1. The molecule has 1 amide bonds. The van der Waals surface area contributed by atoms with Crippen LogP contribution < -0.4 is 4.90 Å². The number of quaternary nitrogens is 1. The lowest BCUT2D eigenvalue weighted by molar-refractivity contribution is -0.917. The van der Waals surface area contributed by atoms with Gasteiger partial charge in [0.2, 0.25) is 0 Å². The molecule has 0 spiro atoms. The Hall–Kier alpha value is -3.18. The summed E-state index contributed by atoms with van der Waals surface area (Å²) in [5, 5.41) is 4.02. The van der Waals surface area contributed by atoms with Gasteiger partial charge in [-0.2, -0.15) is 18.3 Å². The molecule has 176 valence electrons. The summed E-state index contributed by atoms with van der Waals surface area (Å²) < 4.78 is 47.5. The van der Waals surface area contributed by atoms with Crippen molar-refractivity contribution in [1.29, 1.82) is 0 Å². The molecule has 0 unspecified atom stereocenters. The first-order valence-corrected chi connectivity index (χ1v) is 11.5. The van der Waals surface area contributed by atoms with Crippen LogP contribution in [0.5, 0.6) is 0 Å². The highest BCUT2D eigenvalue weighted by Gasteiger charge is 2.37. The highest BCUT2D eigenvalue weighted by molar-refractivity contribution is 9.10. The molecule has 0 atom stereocenters. The molecule has 11 heteroatoms. The van der Waals surface area contributed by atoms with Crippen LogP contribution in [0.2, 0.25) is 0 Å². The zero-order valence-corrected chi connectivity index (χ0v) is 19.4. The molecule has 1 saturated heterocycles. The summed E-state index contributed by atoms with van der Waals surface area (Å²) in [7, 11) is 0. The third-order valence-corrected chi connectivity index (χ3v) is 6.58. The van der Waals surface area contributed by atoms with Crippen molar-refractivity contribution in [2.24, 2.45) is 0 Å². The first kappa shape index (κ1) is 22.6. The van der Waals surface area contributed by atoms with Gasteiger partial charge >= 0.3 is 6.18 Å². The number of carbonyl (C=O) groups is 1. The minimum absolute atomic E-state index is 0.00236. The van der Waals surface area contributed by atoms with Crippen molar-refractivity contribution >= 4 is 27.5 Å². The lowest BCUT2D eigenvalue weighted by Crippen LogP contribution is -3.13. The molecule has 4 heterocycles. The van der Waals surface area contributed by atoms with E-state index in [-0.39, 0.29) is 27.3 Å². The van der Waals surface area contributed by atoms with Crippen LogP contribution in [0.25, 0.3) is 17.1 Å². The molecule has 0 saturated carbocycles. The first-order valence-electron chi connectivity index (χ1n) is 10.7. The zero-order chi connectivity index (χ0) is 23.9. The van der Waals surface area contributed by atoms with E-state index < -0.39 is 17.8 Å². The molecule has 34 heavy (non-hydrogen) atoms. The summed E-state index contributed by atoms with van der Waals surface area (Å²) in [4.78, 5) is 20.5. The normalized spacial score (nSPS) is 15.2. The third kappa shape index (κ3) is 4.32.